The van der Waals surface area contributed by atoms with E-state index in [0.717, 1.165) is 26.1 Å². The highest BCUT2D eigenvalue weighted by atomic mass is 16.5. The molecule has 0 aliphatic carbocycles. The molecule has 0 aromatic heterocycles. The zero-order valence-electron chi connectivity index (χ0n) is 6.24. The van der Waals surface area contributed by atoms with Crippen LogP contribution in [0.1, 0.15) is 21.7 Å². The number of rotatable bonds is 1. The van der Waals surface area contributed by atoms with Gasteiger partial charge in [0.1, 0.15) is 0 Å². The van der Waals surface area contributed by atoms with E-state index in [1.54, 1.807) is 0 Å². The molecule has 1 aliphatic rings. The van der Waals surface area contributed by atoms with Crippen LogP contribution >= 0.6 is 0 Å². The van der Waals surface area contributed by atoms with Crippen molar-refractivity contribution in [3.63, 3.8) is 0 Å². The summed E-state index contributed by atoms with van der Waals surface area (Å²) in [6.45, 7) is 7.19. The molecular formula is C7H17NO. The van der Waals surface area contributed by atoms with Crippen molar-refractivity contribution in [3.8, 4) is 0 Å². The number of hydrogen-bond donors (Lipinski definition) is 1. The Bertz CT molecular complexity index is 91.6. The first-order valence-electron chi connectivity index (χ1n) is 3.61. The molecule has 0 aromatic rings. The third kappa shape index (κ3) is 1.66. The second kappa shape index (κ2) is 2.67. The Kier molecular flexibility index (Phi) is 2.09. The smallest absolute Gasteiger partial charge is 0.0776 e. The fourth-order valence-corrected chi connectivity index (χ4v) is 1.00. The minimum absolute atomic E-state index is 0. The molecule has 1 unspecified atom stereocenters. The molecule has 0 saturated carbocycles. The van der Waals surface area contributed by atoms with Crippen molar-refractivity contribution in [1.29, 1.82) is 0 Å². The number of morpholine rings is 1. The summed E-state index contributed by atoms with van der Waals surface area (Å²) in [6, 6.07) is 0. The van der Waals surface area contributed by atoms with E-state index in [4.69, 9.17) is 4.74 Å². The van der Waals surface area contributed by atoms with E-state index in [9.17, 15) is 0 Å². The predicted molar refractivity (Wildman–Crippen MR) is 39.6 cm³/mol. The Balaban J connectivity index is 0.000000810. The molecule has 0 amide bonds. The summed E-state index contributed by atoms with van der Waals surface area (Å²) < 4.78 is 5.55. The largest absolute Gasteiger partial charge is 0.373 e. The normalized spacial score (nSPS) is 36.7. The van der Waals surface area contributed by atoms with Crippen molar-refractivity contribution in [2.24, 2.45) is 0 Å². The van der Waals surface area contributed by atoms with Gasteiger partial charge in [-0.1, -0.05) is 6.92 Å². The summed E-state index contributed by atoms with van der Waals surface area (Å²) in [5.41, 5.74) is 0.109. The van der Waals surface area contributed by atoms with E-state index < -0.39 is 0 Å². The molecule has 1 aliphatic heterocycles. The zero-order chi connectivity index (χ0) is 6.74. The minimum Gasteiger partial charge on any atom is -0.373 e. The highest BCUT2D eigenvalue weighted by Gasteiger charge is 2.24. The first kappa shape index (κ1) is 7.03. The van der Waals surface area contributed by atoms with Crippen molar-refractivity contribution < 1.29 is 6.16 Å². The van der Waals surface area contributed by atoms with E-state index >= 15 is 0 Å². The van der Waals surface area contributed by atoms with Crippen LogP contribution in [0.5, 0.6) is 0 Å². The summed E-state index contributed by atoms with van der Waals surface area (Å²) in [4.78, 5) is 0. The number of hydrogen-bond acceptors (Lipinski definition) is 2. The topological polar surface area (TPSA) is 21.3 Å². The highest BCUT2D eigenvalue weighted by molar-refractivity contribution is 4.79. The lowest BCUT2D eigenvalue weighted by Gasteiger charge is -2.33. The van der Waals surface area contributed by atoms with Gasteiger partial charge in [-0.15, -0.1) is 0 Å². The first-order valence-corrected chi connectivity index (χ1v) is 3.61. The number of nitrogens with one attached hydrogen (secondary N) is 1. The van der Waals surface area contributed by atoms with Gasteiger partial charge >= 0.3 is 0 Å². The van der Waals surface area contributed by atoms with Crippen molar-refractivity contribution in [2.45, 2.75) is 25.9 Å². The molecule has 0 radical (unpaired) electrons. The second-order valence-electron chi connectivity index (χ2n) is 2.83. The third-order valence-corrected chi connectivity index (χ3v) is 1.98. The van der Waals surface area contributed by atoms with Crippen LogP contribution in [-0.4, -0.2) is 25.3 Å². The van der Waals surface area contributed by atoms with Gasteiger partial charge in [0.2, 0.25) is 0 Å². The molecule has 0 bridgehead atoms. The maximum atomic E-state index is 5.55. The fourth-order valence-electron chi connectivity index (χ4n) is 1.00. The van der Waals surface area contributed by atoms with Crippen LogP contribution < -0.4 is 5.32 Å². The lowest BCUT2D eigenvalue weighted by atomic mass is 10.0. The van der Waals surface area contributed by atoms with Gasteiger partial charge in [-0.2, -0.15) is 0 Å². The molecule has 1 atom stereocenters. The van der Waals surface area contributed by atoms with Gasteiger partial charge in [0.25, 0.3) is 0 Å². The Labute approximate surface area is 58.1 Å². The molecule has 2 nitrogen and oxygen atoms in total. The van der Waals surface area contributed by atoms with Crippen LogP contribution in [0.2, 0.25) is 0 Å². The summed E-state index contributed by atoms with van der Waals surface area (Å²) >= 11 is 0. The maximum Gasteiger partial charge on any atom is 0.0776 e. The molecule has 1 saturated heterocycles. The van der Waals surface area contributed by atoms with E-state index in [-0.39, 0.29) is 7.03 Å². The molecule has 56 valence electrons. The molecule has 1 heterocycles. The molecule has 1 fully saturated rings. The molecule has 0 aromatic carbocycles. The van der Waals surface area contributed by atoms with Gasteiger partial charge < -0.3 is 10.1 Å². The quantitative estimate of drug-likeness (QED) is 0.573. The molecule has 0 spiro atoms. The second-order valence-corrected chi connectivity index (χ2v) is 2.83. The summed E-state index contributed by atoms with van der Waals surface area (Å²) in [5.74, 6) is 0. The molecule has 1 rings (SSSR count). The van der Waals surface area contributed by atoms with Gasteiger partial charge in [0.05, 0.1) is 12.2 Å². The minimum atomic E-state index is 0. The Morgan fingerprint density at radius 1 is 1.78 bits per heavy atom. The molecule has 2 heteroatoms. The molecular weight excluding hydrogens is 114 g/mol. The van der Waals surface area contributed by atoms with Crippen molar-refractivity contribution in [3.05, 3.63) is 0 Å². The predicted octanol–water partition coefficient (Wildman–Crippen LogP) is 1.02. The Morgan fingerprint density at radius 3 is 2.89 bits per heavy atom. The third-order valence-electron chi connectivity index (χ3n) is 1.98. The van der Waals surface area contributed by atoms with Gasteiger partial charge in [-0.3, -0.25) is 0 Å². The standard InChI is InChI=1S/C7H15NO.H2/c1-3-7(2)6-8-4-5-9-7;/h8H,3-6H2,1-2H3;1H. The van der Waals surface area contributed by atoms with Crippen LogP contribution in [0.3, 0.4) is 0 Å². The van der Waals surface area contributed by atoms with Crippen molar-refractivity contribution in [1.82, 2.24) is 5.32 Å². The van der Waals surface area contributed by atoms with Gasteiger partial charge in [-0.05, 0) is 13.3 Å². The molecule has 9 heavy (non-hydrogen) atoms. The van der Waals surface area contributed by atoms with E-state index in [0.29, 0.717) is 0 Å². The van der Waals surface area contributed by atoms with E-state index in [1.165, 1.54) is 0 Å². The Morgan fingerprint density at radius 2 is 2.56 bits per heavy atom. The average Bonchev–Trinajstić information content (AvgIpc) is 1.90. The van der Waals surface area contributed by atoms with Crippen LogP contribution in [0, 0.1) is 0 Å². The average molecular weight is 131 g/mol. The van der Waals surface area contributed by atoms with Crippen molar-refractivity contribution >= 4 is 0 Å². The van der Waals surface area contributed by atoms with Crippen molar-refractivity contribution in [2.75, 3.05) is 19.7 Å². The highest BCUT2D eigenvalue weighted by Crippen LogP contribution is 2.15. The number of ether oxygens (including phenoxy) is 1. The molecule has 1 N–H and O–H groups in total. The lowest BCUT2D eigenvalue weighted by Crippen LogP contribution is -2.47. The summed E-state index contributed by atoms with van der Waals surface area (Å²) in [5, 5.41) is 3.30. The zero-order valence-corrected chi connectivity index (χ0v) is 6.24. The van der Waals surface area contributed by atoms with Crippen LogP contribution in [0.25, 0.3) is 0 Å². The lowest BCUT2D eigenvalue weighted by molar-refractivity contribution is -0.0544. The summed E-state index contributed by atoms with van der Waals surface area (Å²) in [6.07, 6.45) is 1.10. The summed E-state index contributed by atoms with van der Waals surface area (Å²) in [7, 11) is 0. The van der Waals surface area contributed by atoms with Crippen LogP contribution in [0.15, 0.2) is 0 Å². The maximum absolute atomic E-state index is 5.55. The van der Waals surface area contributed by atoms with Gasteiger partial charge in [-0.25, -0.2) is 0 Å². The first-order chi connectivity index (χ1) is 4.27. The van der Waals surface area contributed by atoms with Crippen LogP contribution in [-0.2, 0) is 4.74 Å². The Hall–Kier alpha value is -0.0800. The fraction of sp³-hybridized carbons (Fsp3) is 1.00. The van der Waals surface area contributed by atoms with Gasteiger partial charge in [0.15, 0.2) is 0 Å². The van der Waals surface area contributed by atoms with Crippen LogP contribution in [0.4, 0.5) is 0 Å². The SMILES string of the molecule is CCC1(C)CNCCO1.[HH]. The van der Waals surface area contributed by atoms with E-state index in [2.05, 4.69) is 19.2 Å². The monoisotopic (exact) mass is 131 g/mol. The van der Waals surface area contributed by atoms with Gasteiger partial charge in [0, 0.05) is 14.5 Å². The van der Waals surface area contributed by atoms with E-state index in [1.807, 2.05) is 0 Å².